The first kappa shape index (κ1) is 16.8. The summed E-state index contributed by atoms with van der Waals surface area (Å²) in [6, 6.07) is 6.43. The fraction of sp³-hybridized carbons (Fsp3) is 0.579. The Labute approximate surface area is 143 Å². The lowest BCUT2D eigenvalue weighted by molar-refractivity contribution is -0.142. The maximum absolute atomic E-state index is 12.7. The summed E-state index contributed by atoms with van der Waals surface area (Å²) in [6.07, 6.45) is 0. The highest BCUT2D eigenvalue weighted by Gasteiger charge is 2.66. The SMILES string of the molecule is Cc1ccc(C)c(N2CCN(C(=O)[C@@H]3[C@@H](C(=O)O)C3(C)C)CC2)c1. The van der Waals surface area contributed by atoms with Crippen LogP contribution in [0.15, 0.2) is 18.2 Å². The quantitative estimate of drug-likeness (QED) is 0.924. The van der Waals surface area contributed by atoms with Gasteiger partial charge in [0.2, 0.25) is 5.91 Å². The van der Waals surface area contributed by atoms with Crippen LogP contribution in [0.25, 0.3) is 0 Å². The summed E-state index contributed by atoms with van der Waals surface area (Å²) in [4.78, 5) is 28.2. The van der Waals surface area contributed by atoms with Gasteiger partial charge in [-0.25, -0.2) is 0 Å². The van der Waals surface area contributed by atoms with E-state index in [0.29, 0.717) is 13.1 Å². The van der Waals surface area contributed by atoms with E-state index in [1.165, 1.54) is 16.8 Å². The van der Waals surface area contributed by atoms with Gasteiger partial charge in [0.1, 0.15) is 0 Å². The first-order valence-corrected chi connectivity index (χ1v) is 8.57. The van der Waals surface area contributed by atoms with Gasteiger partial charge in [-0.3, -0.25) is 9.59 Å². The van der Waals surface area contributed by atoms with Crippen LogP contribution in [0.4, 0.5) is 5.69 Å². The Kier molecular flexibility index (Phi) is 4.06. The predicted octanol–water partition coefficient (Wildman–Crippen LogP) is 2.31. The lowest BCUT2D eigenvalue weighted by Gasteiger charge is -2.37. The van der Waals surface area contributed by atoms with E-state index in [1.807, 2.05) is 18.7 Å². The third kappa shape index (κ3) is 2.76. The van der Waals surface area contributed by atoms with Crippen LogP contribution in [-0.4, -0.2) is 48.1 Å². The van der Waals surface area contributed by atoms with E-state index in [9.17, 15) is 14.7 Å². The molecule has 3 rings (SSSR count). The first-order chi connectivity index (χ1) is 11.2. The number of carboxylic acids is 1. The van der Waals surface area contributed by atoms with Crippen LogP contribution in [0.2, 0.25) is 0 Å². The van der Waals surface area contributed by atoms with Crippen LogP contribution >= 0.6 is 0 Å². The van der Waals surface area contributed by atoms with Gasteiger partial charge in [0.15, 0.2) is 0 Å². The van der Waals surface area contributed by atoms with Crippen LogP contribution < -0.4 is 4.90 Å². The lowest BCUT2D eigenvalue weighted by atomic mass is 10.1. The van der Waals surface area contributed by atoms with E-state index < -0.39 is 17.3 Å². The van der Waals surface area contributed by atoms with E-state index in [-0.39, 0.29) is 11.8 Å². The van der Waals surface area contributed by atoms with Gasteiger partial charge in [-0.15, -0.1) is 0 Å². The minimum Gasteiger partial charge on any atom is -0.481 e. The van der Waals surface area contributed by atoms with Gasteiger partial charge in [-0.1, -0.05) is 26.0 Å². The number of benzene rings is 1. The second kappa shape index (κ2) is 5.80. The number of anilines is 1. The lowest BCUT2D eigenvalue weighted by Crippen LogP contribution is -2.49. The first-order valence-electron chi connectivity index (χ1n) is 8.57. The molecule has 1 N–H and O–H groups in total. The highest BCUT2D eigenvalue weighted by molar-refractivity contribution is 5.91. The van der Waals surface area contributed by atoms with Crippen molar-refractivity contribution in [3.8, 4) is 0 Å². The Hall–Kier alpha value is -2.04. The van der Waals surface area contributed by atoms with Gasteiger partial charge in [-0.2, -0.15) is 0 Å². The molecule has 1 saturated heterocycles. The second-order valence-corrected chi connectivity index (χ2v) is 7.72. The fourth-order valence-electron chi connectivity index (χ4n) is 3.98. The van der Waals surface area contributed by atoms with Crippen LogP contribution in [0.3, 0.4) is 0 Å². The third-order valence-electron chi connectivity index (χ3n) is 5.66. The number of amides is 1. The summed E-state index contributed by atoms with van der Waals surface area (Å²) in [6.45, 7) is 10.8. The van der Waals surface area contributed by atoms with Gasteiger partial charge in [0.05, 0.1) is 11.8 Å². The van der Waals surface area contributed by atoms with Crippen molar-refractivity contribution in [3.05, 3.63) is 29.3 Å². The average molecular weight is 330 g/mol. The topological polar surface area (TPSA) is 60.9 Å². The molecule has 1 aliphatic heterocycles. The summed E-state index contributed by atoms with van der Waals surface area (Å²) in [5.41, 5.74) is 3.29. The minimum atomic E-state index is -0.854. The van der Waals surface area contributed by atoms with Crippen molar-refractivity contribution in [2.45, 2.75) is 27.7 Å². The maximum atomic E-state index is 12.7. The van der Waals surface area contributed by atoms with Gasteiger partial charge in [0, 0.05) is 31.9 Å². The molecule has 24 heavy (non-hydrogen) atoms. The molecule has 130 valence electrons. The van der Waals surface area contributed by atoms with Gasteiger partial charge >= 0.3 is 5.97 Å². The van der Waals surface area contributed by atoms with Crippen molar-refractivity contribution in [2.24, 2.45) is 17.3 Å². The molecule has 0 spiro atoms. The van der Waals surface area contributed by atoms with Crippen LogP contribution in [0.5, 0.6) is 0 Å². The normalized spacial score (nSPS) is 25.5. The van der Waals surface area contributed by atoms with Crippen molar-refractivity contribution in [3.63, 3.8) is 0 Å². The Morgan fingerprint density at radius 1 is 1.08 bits per heavy atom. The molecule has 1 saturated carbocycles. The number of carboxylic acid groups (broad SMARTS) is 1. The summed E-state index contributed by atoms with van der Waals surface area (Å²) in [5, 5.41) is 9.27. The van der Waals surface area contributed by atoms with E-state index >= 15 is 0 Å². The van der Waals surface area contributed by atoms with Gasteiger partial charge in [-0.05, 0) is 36.5 Å². The zero-order valence-electron chi connectivity index (χ0n) is 14.9. The molecule has 0 aromatic heterocycles. The zero-order chi connectivity index (χ0) is 17.6. The van der Waals surface area contributed by atoms with E-state index in [4.69, 9.17) is 0 Å². The Bertz CT molecular complexity index is 675. The number of carbonyl (C=O) groups excluding carboxylic acids is 1. The molecule has 5 heteroatoms. The largest absolute Gasteiger partial charge is 0.481 e. The van der Waals surface area contributed by atoms with Crippen LogP contribution in [0, 0.1) is 31.1 Å². The Morgan fingerprint density at radius 3 is 2.25 bits per heavy atom. The number of aliphatic carboxylic acids is 1. The summed E-state index contributed by atoms with van der Waals surface area (Å²) in [7, 11) is 0. The summed E-state index contributed by atoms with van der Waals surface area (Å²) in [5.74, 6) is -1.76. The van der Waals surface area contributed by atoms with E-state index in [2.05, 4.69) is 36.9 Å². The molecular weight excluding hydrogens is 304 g/mol. The van der Waals surface area contributed by atoms with Crippen LogP contribution in [0.1, 0.15) is 25.0 Å². The standard InChI is InChI=1S/C19H26N2O3/c1-12-5-6-13(2)14(11-12)20-7-9-21(10-8-20)17(22)15-16(18(23)24)19(15,3)4/h5-6,11,15-16H,7-10H2,1-4H3,(H,23,24)/t15-,16-/m0/s1. The maximum Gasteiger partial charge on any atom is 0.307 e. The fourth-order valence-corrected chi connectivity index (χ4v) is 3.98. The highest BCUT2D eigenvalue weighted by atomic mass is 16.4. The molecule has 1 aliphatic carbocycles. The minimum absolute atomic E-state index is 0.00742. The molecule has 2 aliphatic rings. The molecule has 1 amide bonds. The number of hydrogen-bond acceptors (Lipinski definition) is 3. The third-order valence-corrected chi connectivity index (χ3v) is 5.66. The van der Waals surface area contributed by atoms with Gasteiger partial charge in [0.25, 0.3) is 0 Å². The van der Waals surface area contributed by atoms with Crippen molar-refractivity contribution in [2.75, 3.05) is 31.1 Å². The molecule has 1 aromatic carbocycles. The monoisotopic (exact) mass is 330 g/mol. The predicted molar refractivity (Wildman–Crippen MR) is 93.1 cm³/mol. The van der Waals surface area contributed by atoms with E-state index in [0.717, 1.165) is 13.1 Å². The second-order valence-electron chi connectivity index (χ2n) is 7.72. The average Bonchev–Trinajstić information content (AvgIpc) is 3.12. The van der Waals surface area contributed by atoms with Gasteiger partial charge < -0.3 is 14.9 Å². The number of hydrogen-bond donors (Lipinski definition) is 1. The summed E-state index contributed by atoms with van der Waals surface area (Å²) < 4.78 is 0. The zero-order valence-corrected chi connectivity index (χ0v) is 14.9. The molecule has 1 heterocycles. The molecule has 2 atom stereocenters. The Balaban J connectivity index is 1.64. The number of nitrogens with zero attached hydrogens (tertiary/aromatic N) is 2. The number of aryl methyl sites for hydroxylation is 2. The molecule has 0 radical (unpaired) electrons. The van der Waals surface area contributed by atoms with Crippen molar-refractivity contribution >= 4 is 17.6 Å². The molecule has 0 bridgehead atoms. The molecular formula is C19H26N2O3. The Morgan fingerprint density at radius 2 is 1.71 bits per heavy atom. The molecule has 0 unspecified atom stereocenters. The van der Waals surface area contributed by atoms with Crippen molar-refractivity contribution in [1.82, 2.24) is 4.90 Å². The number of rotatable bonds is 3. The number of carbonyl (C=O) groups is 2. The summed E-state index contributed by atoms with van der Waals surface area (Å²) >= 11 is 0. The van der Waals surface area contributed by atoms with E-state index in [1.54, 1.807) is 0 Å². The van der Waals surface area contributed by atoms with Crippen LogP contribution in [-0.2, 0) is 9.59 Å². The smallest absolute Gasteiger partial charge is 0.307 e. The molecule has 2 fully saturated rings. The van der Waals surface area contributed by atoms with Crippen molar-refractivity contribution in [1.29, 1.82) is 0 Å². The number of piperazine rings is 1. The van der Waals surface area contributed by atoms with Crippen molar-refractivity contribution < 1.29 is 14.7 Å². The molecule has 1 aromatic rings. The highest BCUT2D eigenvalue weighted by Crippen LogP contribution is 2.59. The molecule has 5 nitrogen and oxygen atoms in total.